The Morgan fingerprint density at radius 1 is 0.850 bits per heavy atom. The zero-order valence-corrected chi connectivity index (χ0v) is 15.3. The molecule has 0 atom stereocenters. The first-order valence-corrected chi connectivity index (χ1v) is 9.88. The fourth-order valence-electron chi connectivity index (χ4n) is 1.84. The van der Waals surface area contributed by atoms with Crippen molar-refractivity contribution >= 4 is 8.80 Å². The van der Waals surface area contributed by atoms with Crippen LogP contribution in [0.4, 0.5) is 0 Å². The molecule has 0 aromatic heterocycles. The summed E-state index contributed by atoms with van der Waals surface area (Å²) in [5.41, 5.74) is 0.258. The molecule has 20 heavy (non-hydrogen) atoms. The van der Waals surface area contributed by atoms with Crippen molar-refractivity contribution in [3.63, 3.8) is 0 Å². The molecule has 0 aromatic carbocycles. The molecule has 0 rings (SSSR count). The van der Waals surface area contributed by atoms with Crippen molar-refractivity contribution in [3.8, 4) is 0 Å². The van der Waals surface area contributed by atoms with Crippen molar-refractivity contribution in [2.75, 3.05) is 33.0 Å². The van der Waals surface area contributed by atoms with Crippen LogP contribution < -0.4 is 0 Å². The van der Waals surface area contributed by atoms with Crippen molar-refractivity contribution in [2.45, 2.75) is 60.4 Å². The van der Waals surface area contributed by atoms with Gasteiger partial charge in [-0.1, -0.05) is 20.8 Å². The summed E-state index contributed by atoms with van der Waals surface area (Å²) in [6.45, 7) is 16.1. The zero-order valence-electron chi connectivity index (χ0n) is 14.3. The monoisotopic (exact) mass is 306 g/mol. The lowest BCUT2D eigenvalue weighted by Crippen LogP contribution is -2.46. The molecule has 5 heteroatoms. The fraction of sp³-hybridized carbons (Fsp3) is 1.00. The van der Waals surface area contributed by atoms with Crippen LogP contribution in [-0.4, -0.2) is 41.8 Å². The third-order valence-electron chi connectivity index (χ3n) is 3.31. The van der Waals surface area contributed by atoms with Crippen molar-refractivity contribution in [1.82, 2.24) is 0 Å². The molecule has 122 valence electrons. The van der Waals surface area contributed by atoms with Gasteiger partial charge in [0.25, 0.3) is 0 Å². The molecule has 4 nitrogen and oxygen atoms in total. The molecule has 0 aromatic rings. The smallest absolute Gasteiger partial charge is 0.381 e. The van der Waals surface area contributed by atoms with Crippen molar-refractivity contribution in [3.05, 3.63) is 0 Å². The van der Waals surface area contributed by atoms with E-state index in [1.165, 1.54) is 0 Å². The van der Waals surface area contributed by atoms with Gasteiger partial charge in [-0.15, -0.1) is 0 Å². The van der Waals surface area contributed by atoms with Crippen LogP contribution >= 0.6 is 0 Å². The van der Waals surface area contributed by atoms with Crippen LogP contribution in [0.25, 0.3) is 0 Å². The van der Waals surface area contributed by atoms with E-state index in [0.717, 1.165) is 32.1 Å². The maximum atomic E-state index is 5.82. The van der Waals surface area contributed by atoms with Crippen LogP contribution in [0.3, 0.4) is 0 Å². The van der Waals surface area contributed by atoms with Crippen molar-refractivity contribution in [1.29, 1.82) is 0 Å². The van der Waals surface area contributed by atoms with Gasteiger partial charge in [-0.3, -0.25) is 0 Å². The SMILES string of the molecule is CCO[Si](CCCOCC(C)(C)CC)(OCC)OCC. The Labute approximate surface area is 126 Å². The van der Waals surface area contributed by atoms with E-state index in [-0.39, 0.29) is 5.41 Å². The molecule has 0 amide bonds. The van der Waals surface area contributed by atoms with Crippen LogP contribution in [-0.2, 0) is 18.0 Å². The van der Waals surface area contributed by atoms with E-state index in [1.807, 2.05) is 20.8 Å². The topological polar surface area (TPSA) is 36.9 Å². The zero-order chi connectivity index (χ0) is 15.5. The minimum absolute atomic E-state index is 0.258. The van der Waals surface area contributed by atoms with E-state index in [1.54, 1.807) is 0 Å². The van der Waals surface area contributed by atoms with E-state index in [0.29, 0.717) is 19.8 Å². The predicted octanol–water partition coefficient (Wildman–Crippen LogP) is 3.88. The standard InChI is InChI=1S/C15H34O4Si/c1-7-15(5,6)14-16-12-11-13-20(17-8-2,18-9-3)19-10-4/h7-14H2,1-6H3. The van der Waals surface area contributed by atoms with Gasteiger partial charge >= 0.3 is 8.80 Å². The molecule has 0 spiro atoms. The summed E-state index contributed by atoms with van der Waals surface area (Å²) >= 11 is 0. The van der Waals surface area contributed by atoms with Crippen LogP contribution in [0.5, 0.6) is 0 Å². The second kappa shape index (κ2) is 10.7. The number of hydrogen-bond donors (Lipinski definition) is 0. The first kappa shape index (κ1) is 20.1. The molecule has 0 saturated heterocycles. The maximum absolute atomic E-state index is 5.82. The summed E-state index contributed by atoms with van der Waals surface area (Å²) in [5, 5.41) is 0. The third kappa shape index (κ3) is 8.37. The van der Waals surface area contributed by atoms with Gasteiger partial charge in [0.2, 0.25) is 0 Å². The second-order valence-electron chi connectivity index (χ2n) is 5.66. The number of ether oxygens (including phenoxy) is 1. The molecule has 0 bridgehead atoms. The van der Waals surface area contributed by atoms with Gasteiger partial charge in [-0.25, -0.2) is 0 Å². The Bertz CT molecular complexity index is 217. The number of rotatable bonds is 13. The summed E-state index contributed by atoms with van der Waals surface area (Å²) in [6, 6.07) is 0.828. The molecule has 0 radical (unpaired) electrons. The van der Waals surface area contributed by atoms with E-state index >= 15 is 0 Å². The highest BCUT2D eigenvalue weighted by atomic mass is 28.4. The van der Waals surface area contributed by atoms with Gasteiger partial charge < -0.3 is 18.0 Å². The predicted molar refractivity (Wildman–Crippen MR) is 84.9 cm³/mol. The fourth-order valence-corrected chi connectivity index (χ4v) is 4.42. The minimum Gasteiger partial charge on any atom is -0.381 e. The second-order valence-corrected chi connectivity index (χ2v) is 8.39. The normalized spacial score (nSPS) is 12.9. The van der Waals surface area contributed by atoms with Gasteiger partial charge in [0.15, 0.2) is 0 Å². The van der Waals surface area contributed by atoms with Crippen molar-refractivity contribution < 1.29 is 18.0 Å². The molecular weight excluding hydrogens is 272 g/mol. The summed E-state index contributed by atoms with van der Waals surface area (Å²) < 4.78 is 23.2. The Hall–Kier alpha value is 0.0569. The van der Waals surface area contributed by atoms with E-state index < -0.39 is 8.80 Å². The lowest BCUT2D eigenvalue weighted by atomic mass is 9.92. The van der Waals surface area contributed by atoms with Crippen LogP contribution in [0.2, 0.25) is 6.04 Å². The molecule has 0 fully saturated rings. The molecule has 0 saturated carbocycles. The third-order valence-corrected chi connectivity index (χ3v) is 6.47. The van der Waals surface area contributed by atoms with Gasteiger partial charge in [0.1, 0.15) is 0 Å². The highest BCUT2D eigenvalue weighted by molar-refractivity contribution is 6.60. The lowest BCUT2D eigenvalue weighted by molar-refractivity contribution is 0.0490. The summed E-state index contributed by atoms with van der Waals surface area (Å²) in [6.07, 6.45) is 2.05. The summed E-state index contributed by atoms with van der Waals surface area (Å²) in [4.78, 5) is 0. The average Bonchev–Trinajstić information content (AvgIpc) is 2.39. The molecule has 0 aliphatic rings. The van der Waals surface area contributed by atoms with E-state index in [4.69, 9.17) is 18.0 Å². The van der Waals surface area contributed by atoms with E-state index in [9.17, 15) is 0 Å². The molecule has 0 aliphatic carbocycles. The highest BCUT2D eigenvalue weighted by Gasteiger charge is 2.39. The highest BCUT2D eigenvalue weighted by Crippen LogP contribution is 2.21. The van der Waals surface area contributed by atoms with Gasteiger partial charge in [0.05, 0.1) is 6.61 Å². The molecule has 0 heterocycles. The maximum Gasteiger partial charge on any atom is 0.501 e. The first-order valence-electron chi connectivity index (χ1n) is 7.94. The Balaban J connectivity index is 4.12. The molecule has 0 unspecified atom stereocenters. The van der Waals surface area contributed by atoms with Crippen LogP contribution in [0.15, 0.2) is 0 Å². The van der Waals surface area contributed by atoms with E-state index in [2.05, 4.69) is 20.8 Å². The molecule has 0 N–H and O–H groups in total. The summed E-state index contributed by atoms with van der Waals surface area (Å²) in [7, 11) is -2.48. The molecular formula is C15H34O4Si. The first-order chi connectivity index (χ1) is 9.45. The summed E-state index contributed by atoms with van der Waals surface area (Å²) in [5.74, 6) is 0. The molecule has 0 aliphatic heterocycles. The lowest BCUT2D eigenvalue weighted by Gasteiger charge is -2.28. The Kier molecular flexibility index (Phi) is 10.8. The largest absolute Gasteiger partial charge is 0.501 e. The Morgan fingerprint density at radius 3 is 1.75 bits per heavy atom. The average molecular weight is 307 g/mol. The number of hydrogen-bond acceptors (Lipinski definition) is 4. The van der Waals surface area contributed by atoms with Gasteiger partial charge in [0, 0.05) is 32.5 Å². The van der Waals surface area contributed by atoms with Crippen LogP contribution in [0.1, 0.15) is 54.4 Å². The van der Waals surface area contributed by atoms with Crippen LogP contribution in [0, 0.1) is 5.41 Å². The van der Waals surface area contributed by atoms with Gasteiger partial charge in [-0.05, 0) is 39.0 Å². The minimum atomic E-state index is -2.48. The quantitative estimate of drug-likeness (QED) is 0.382. The van der Waals surface area contributed by atoms with Gasteiger partial charge in [-0.2, -0.15) is 0 Å². The van der Waals surface area contributed by atoms with Crippen molar-refractivity contribution in [2.24, 2.45) is 5.41 Å². The Morgan fingerprint density at radius 2 is 1.35 bits per heavy atom.